The number of carboxylic acid groups (broad SMARTS) is 1. The second kappa shape index (κ2) is 25.0. The van der Waals surface area contributed by atoms with Gasteiger partial charge in [0, 0.05) is 34.2 Å². The van der Waals surface area contributed by atoms with Crippen molar-refractivity contribution in [3.63, 3.8) is 0 Å². The number of hydrogen-bond acceptors (Lipinski definition) is 9. The van der Waals surface area contributed by atoms with Crippen molar-refractivity contribution >= 4 is 29.6 Å². The quantitative estimate of drug-likeness (QED) is 0.0918. The highest BCUT2D eigenvalue weighted by atomic mass is 16.5. The predicted octanol–water partition coefficient (Wildman–Crippen LogP) is 4.08. The fourth-order valence-corrected chi connectivity index (χ4v) is 8.30. The first kappa shape index (κ1) is 51.3. The predicted molar refractivity (Wildman–Crippen MR) is 232 cm³/mol. The molecule has 4 amide bonds. The van der Waals surface area contributed by atoms with Crippen molar-refractivity contribution in [3.8, 4) is 0 Å². The molecule has 1 aliphatic rings. The summed E-state index contributed by atoms with van der Waals surface area (Å²) >= 11 is 0. The summed E-state index contributed by atoms with van der Waals surface area (Å²) in [6, 6.07) is 5.57. The summed E-state index contributed by atoms with van der Waals surface area (Å²) in [6.45, 7) is 17.9. The molecule has 0 saturated carbocycles. The summed E-state index contributed by atoms with van der Waals surface area (Å²) in [5.41, 5.74) is 1.48. The minimum absolute atomic E-state index is 0.0109. The van der Waals surface area contributed by atoms with Gasteiger partial charge in [0.15, 0.2) is 0 Å². The molecule has 1 fully saturated rings. The van der Waals surface area contributed by atoms with Crippen molar-refractivity contribution in [2.45, 2.75) is 129 Å². The number of rotatable bonds is 26. The van der Waals surface area contributed by atoms with E-state index in [2.05, 4.69) is 27.0 Å². The van der Waals surface area contributed by atoms with Gasteiger partial charge in [-0.2, -0.15) is 0 Å². The van der Waals surface area contributed by atoms with Crippen molar-refractivity contribution in [1.82, 2.24) is 30.2 Å². The molecular formula is C45H76N6O8. The van der Waals surface area contributed by atoms with Crippen LogP contribution in [-0.2, 0) is 39.9 Å². The molecule has 334 valence electrons. The lowest BCUT2D eigenvalue weighted by molar-refractivity contribution is -0.146. The number of likely N-dealkylation sites (tertiary alicyclic amines) is 1. The second-order valence-corrected chi connectivity index (χ2v) is 17.2. The third-order valence-electron chi connectivity index (χ3n) is 11.7. The van der Waals surface area contributed by atoms with Gasteiger partial charge in [-0.3, -0.25) is 24.1 Å². The van der Waals surface area contributed by atoms with E-state index in [-0.39, 0.29) is 42.4 Å². The van der Waals surface area contributed by atoms with Gasteiger partial charge < -0.3 is 39.9 Å². The zero-order chi connectivity index (χ0) is 44.6. The molecule has 59 heavy (non-hydrogen) atoms. The zero-order valence-electron chi connectivity index (χ0n) is 38.0. The molecule has 0 bridgehead atoms. The molecule has 14 nitrogen and oxygen atoms in total. The molecular weight excluding hydrogens is 753 g/mol. The van der Waals surface area contributed by atoms with Gasteiger partial charge >= 0.3 is 5.97 Å². The van der Waals surface area contributed by atoms with Crippen molar-refractivity contribution in [2.75, 3.05) is 62.0 Å². The van der Waals surface area contributed by atoms with Gasteiger partial charge in [0.25, 0.3) is 0 Å². The van der Waals surface area contributed by atoms with Crippen LogP contribution < -0.4 is 10.6 Å². The summed E-state index contributed by atoms with van der Waals surface area (Å²) in [7, 11) is 10.7. The standard InChI is InChI=1S/C45H76N6O8/c1-14-31(6)40(50(11)44(55)38(29(2)3)47-43(54)39(30(4)5)49(10)25-19-18-24-48(8)9)36(58-12)28-37(52)51-26-20-23-35(51)41(59-13)32(7)42(53)46-34(45(56)57)27-33-21-16-15-17-22-33/h15-17,21-22,29-30,32,34-36,38-41H,6,14,18-20,23-28H2,1-5,7-13H3,(H,46,53)(H,47,54)(H,56,57)/t32-,34+,35+,36-,38+,39+,40+,41-/m1/s1. The first-order chi connectivity index (χ1) is 27.8. The largest absolute Gasteiger partial charge is 0.480 e. The molecule has 0 aliphatic carbocycles. The van der Waals surface area contributed by atoms with Crippen LogP contribution >= 0.6 is 0 Å². The first-order valence-electron chi connectivity index (χ1n) is 21.3. The number of hydrogen-bond donors (Lipinski definition) is 3. The van der Waals surface area contributed by atoms with Crippen LogP contribution in [0.3, 0.4) is 0 Å². The van der Waals surface area contributed by atoms with Crippen LogP contribution in [0.1, 0.15) is 85.6 Å². The number of benzene rings is 1. The minimum atomic E-state index is -1.14. The molecule has 1 heterocycles. The van der Waals surface area contributed by atoms with E-state index >= 15 is 0 Å². The SMILES string of the molecule is C=C(CC)[C@@H]([C@@H](CC(=O)N1CCC[C@H]1[C@H](OC)[C@@H](C)C(=O)N[C@@H](Cc1ccccc1)C(=O)O)OC)N(C)C(=O)[C@@H](NC(=O)[C@H](C(C)C)N(C)CCCCN(C)C)C(C)C. The van der Waals surface area contributed by atoms with E-state index in [1.165, 1.54) is 14.2 Å². The Morgan fingerprint density at radius 1 is 0.881 bits per heavy atom. The topological polar surface area (TPSA) is 161 Å². The van der Waals surface area contributed by atoms with E-state index in [1.807, 2.05) is 86.1 Å². The van der Waals surface area contributed by atoms with E-state index in [0.717, 1.165) is 31.5 Å². The highest BCUT2D eigenvalue weighted by Gasteiger charge is 2.43. The van der Waals surface area contributed by atoms with Crippen LogP contribution in [0.4, 0.5) is 0 Å². The number of aliphatic carboxylic acids is 1. The molecule has 14 heteroatoms. The fraction of sp³-hybridized carbons (Fsp3) is 0.711. The number of methoxy groups -OCH3 is 2. The molecule has 2 rings (SSSR count). The minimum Gasteiger partial charge on any atom is -0.480 e. The first-order valence-corrected chi connectivity index (χ1v) is 21.3. The summed E-state index contributed by atoms with van der Waals surface area (Å²) in [5, 5.41) is 15.7. The molecule has 0 radical (unpaired) electrons. The number of likely N-dealkylation sites (N-methyl/N-ethyl adjacent to an activating group) is 2. The smallest absolute Gasteiger partial charge is 0.326 e. The molecule has 0 aromatic heterocycles. The summed E-state index contributed by atoms with van der Waals surface area (Å²) in [5.74, 6) is -3.34. The van der Waals surface area contributed by atoms with E-state index in [9.17, 15) is 29.1 Å². The van der Waals surface area contributed by atoms with Crippen LogP contribution in [0.5, 0.6) is 0 Å². The van der Waals surface area contributed by atoms with Crippen molar-refractivity contribution in [3.05, 3.63) is 48.0 Å². The maximum Gasteiger partial charge on any atom is 0.326 e. The van der Waals surface area contributed by atoms with Gasteiger partial charge in [0.2, 0.25) is 23.6 Å². The fourth-order valence-electron chi connectivity index (χ4n) is 8.30. The number of amides is 4. The number of unbranched alkanes of at least 4 members (excludes halogenated alkanes) is 1. The Labute approximate surface area is 354 Å². The molecule has 3 N–H and O–H groups in total. The summed E-state index contributed by atoms with van der Waals surface area (Å²) in [4.78, 5) is 75.8. The number of nitrogens with zero attached hydrogens (tertiary/aromatic N) is 4. The van der Waals surface area contributed by atoms with Crippen LogP contribution in [0.15, 0.2) is 42.5 Å². The van der Waals surface area contributed by atoms with Crippen LogP contribution in [0.25, 0.3) is 0 Å². The molecule has 1 aromatic rings. The van der Waals surface area contributed by atoms with Crippen LogP contribution in [0.2, 0.25) is 0 Å². The van der Waals surface area contributed by atoms with E-state index in [0.29, 0.717) is 31.4 Å². The molecule has 0 unspecified atom stereocenters. The molecule has 8 atom stereocenters. The highest BCUT2D eigenvalue weighted by molar-refractivity contribution is 5.90. The molecule has 0 spiro atoms. The van der Waals surface area contributed by atoms with Gasteiger partial charge in [-0.1, -0.05) is 84.0 Å². The van der Waals surface area contributed by atoms with Crippen LogP contribution in [0, 0.1) is 17.8 Å². The number of ether oxygens (including phenoxy) is 2. The van der Waals surface area contributed by atoms with Crippen LogP contribution in [-0.4, -0.2) is 159 Å². The number of carboxylic acids is 1. The van der Waals surface area contributed by atoms with Gasteiger partial charge in [0.1, 0.15) is 12.1 Å². The van der Waals surface area contributed by atoms with E-state index in [1.54, 1.807) is 23.8 Å². The number of carbonyl (C=O) groups is 5. The lowest BCUT2D eigenvalue weighted by atomic mass is 9.92. The Hall–Kier alpha value is -3.85. The zero-order valence-corrected chi connectivity index (χ0v) is 38.0. The Bertz CT molecular complexity index is 1510. The maximum atomic E-state index is 14.4. The Balaban J connectivity index is 2.26. The van der Waals surface area contributed by atoms with Gasteiger partial charge in [-0.25, -0.2) is 4.79 Å². The lowest BCUT2D eigenvalue weighted by Crippen LogP contribution is -2.59. The molecule has 1 aliphatic heterocycles. The van der Waals surface area contributed by atoms with Crippen molar-refractivity contribution in [2.24, 2.45) is 17.8 Å². The second-order valence-electron chi connectivity index (χ2n) is 17.2. The van der Waals surface area contributed by atoms with E-state index in [4.69, 9.17) is 9.47 Å². The molecule has 1 saturated heterocycles. The third kappa shape index (κ3) is 15.0. The lowest BCUT2D eigenvalue weighted by Gasteiger charge is -2.39. The third-order valence-corrected chi connectivity index (χ3v) is 11.7. The number of nitrogens with one attached hydrogen (secondary N) is 2. The average molecular weight is 829 g/mol. The van der Waals surface area contributed by atoms with Crippen molar-refractivity contribution < 1.29 is 38.6 Å². The summed E-state index contributed by atoms with van der Waals surface area (Å²) < 4.78 is 11.9. The highest BCUT2D eigenvalue weighted by Crippen LogP contribution is 2.29. The maximum absolute atomic E-state index is 14.4. The van der Waals surface area contributed by atoms with Gasteiger partial charge in [-0.05, 0) is 83.7 Å². The van der Waals surface area contributed by atoms with Gasteiger partial charge in [0.05, 0.1) is 42.7 Å². The Kier molecular flexibility index (Phi) is 21.8. The number of carbonyl (C=O) groups excluding carboxylic acids is 4. The monoisotopic (exact) mass is 829 g/mol. The van der Waals surface area contributed by atoms with E-state index < -0.39 is 60.2 Å². The average Bonchev–Trinajstić information content (AvgIpc) is 3.67. The Morgan fingerprint density at radius 3 is 2.03 bits per heavy atom. The summed E-state index contributed by atoms with van der Waals surface area (Å²) in [6.07, 6.45) is 2.34. The van der Waals surface area contributed by atoms with Crippen molar-refractivity contribution in [1.29, 1.82) is 0 Å². The normalized spacial score (nSPS) is 18.0. The Morgan fingerprint density at radius 2 is 1.51 bits per heavy atom. The van der Waals surface area contributed by atoms with Gasteiger partial charge in [-0.15, -0.1) is 0 Å². The molecule has 1 aromatic carbocycles.